The van der Waals surface area contributed by atoms with Crippen molar-refractivity contribution in [1.82, 2.24) is 14.5 Å². The van der Waals surface area contributed by atoms with E-state index < -0.39 is 0 Å². The first-order valence-electron chi connectivity index (χ1n) is 6.78. The van der Waals surface area contributed by atoms with Gasteiger partial charge in [0.2, 0.25) is 0 Å². The van der Waals surface area contributed by atoms with Crippen LogP contribution in [-0.4, -0.2) is 41.5 Å². The number of hydrogen-bond donors (Lipinski definition) is 0. The Bertz CT molecular complexity index is 530. The van der Waals surface area contributed by atoms with Crippen LogP contribution in [0.15, 0.2) is 18.5 Å². The zero-order chi connectivity index (χ0) is 14.2. The van der Waals surface area contributed by atoms with Crippen molar-refractivity contribution in [1.29, 1.82) is 0 Å². The fourth-order valence-corrected chi connectivity index (χ4v) is 2.31. The highest BCUT2D eigenvalue weighted by molar-refractivity contribution is 6.16. The number of pyridine rings is 1. The Balaban J connectivity index is 1.86. The molecular formula is C14H20ClN3O2. The second kappa shape index (κ2) is 8.19. The topological polar surface area (TPSA) is 49.2 Å². The molecule has 2 heterocycles. The fourth-order valence-electron chi connectivity index (χ4n) is 2.10. The highest BCUT2D eigenvalue weighted by Crippen LogP contribution is 2.17. The number of ether oxygens (including phenoxy) is 2. The number of aryl methyl sites for hydroxylation is 1. The fraction of sp³-hybridized carbons (Fsp3) is 0.571. The molecule has 0 aromatic carbocycles. The van der Waals surface area contributed by atoms with Gasteiger partial charge in [-0.15, -0.1) is 11.6 Å². The van der Waals surface area contributed by atoms with Gasteiger partial charge in [0.05, 0.1) is 30.8 Å². The maximum Gasteiger partial charge on any atom is 0.124 e. The third-order valence-electron chi connectivity index (χ3n) is 3.10. The van der Waals surface area contributed by atoms with Crippen LogP contribution in [0.25, 0.3) is 11.0 Å². The second-order valence-corrected chi connectivity index (χ2v) is 4.76. The number of methoxy groups -OCH3 is 1. The Kier molecular flexibility index (Phi) is 6.24. The number of aromatic nitrogens is 3. The van der Waals surface area contributed by atoms with E-state index in [0.717, 1.165) is 42.9 Å². The van der Waals surface area contributed by atoms with Gasteiger partial charge >= 0.3 is 0 Å². The van der Waals surface area contributed by atoms with Gasteiger partial charge in [-0.25, -0.2) is 4.98 Å². The quantitative estimate of drug-likeness (QED) is 0.527. The Morgan fingerprint density at radius 3 is 2.95 bits per heavy atom. The zero-order valence-electron chi connectivity index (χ0n) is 11.7. The average Bonchev–Trinajstić information content (AvgIpc) is 2.84. The van der Waals surface area contributed by atoms with Crippen LogP contribution < -0.4 is 0 Å². The summed E-state index contributed by atoms with van der Waals surface area (Å²) in [4.78, 5) is 8.58. The van der Waals surface area contributed by atoms with Gasteiger partial charge in [-0.2, -0.15) is 0 Å². The highest BCUT2D eigenvalue weighted by atomic mass is 35.5. The maximum atomic E-state index is 5.96. The molecule has 5 nitrogen and oxygen atoms in total. The molecule has 0 N–H and O–H groups in total. The second-order valence-electron chi connectivity index (χ2n) is 4.49. The first-order valence-corrected chi connectivity index (χ1v) is 7.32. The zero-order valence-corrected chi connectivity index (χ0v) is 12.5. The highest BCUT2D eigenvalue weighted by Gasteiger charge is 2.09. The molecule has 0 fully saturated rings. The molecule has 0 unspecified atom stereocenters. The van der Waals surface area contributed by atoms with Gasteiger partial charge in [-0.3, -0.25) is 4.98 Å². The number of unbranched alkanes of at least 4 members (excludes halogenated alkanes) is 1. The number of nitrogens with zero attached hydrogens (tertiary/aromatic N) is 3. The molecule has 20 heavy (non-hydrogen) atoms. The summed E-state index contributed by atoms with van der Waals surface area (Å²) in [6, 6.07) is 1.98. The molecule has 0 saturated heterocycles. The number of alkyl halides is 1. The Morgan fingerprint density at radius 1 is 1.25 bits per heavy atom. The Hall–Kier alpha value is -1.17. The summed E-state index contributed by atoms with van der Waals surface area (Å²) in [6.45, 7) is 2.96. The number of hydrogen-bond acceptors (Lipinski definition) is 4. The minimum absolute atomic E-state index is 0.416. The van der Waals surface area contributed by atoms with Crippen LogP contribution in [0, 0.1) is 0 Å². The summed E-state index contributed by atoms with van der Waals surface area (Å²) in [7, 11) is 1.68. The summed E-state index contributed by atoms with van der Waals surface area (Å²) >= 11 is 5.96. The molecule has 0 spiro atoms. The molecule has 0 bridgehead atoms. The maximum absolute atomic E-state index is 5.96. The summed E-state index contributed by atoms with van der Waals surface area (Å²) in [5.41, 5.74) is 2.00. The van der Waals surface area contributed by atoms with Crippen LogP contribution >= 0.6 is 11.6 Å². The van der Waals surface area contributed by atoms with Gasteiger partial charge in [-0.1, -0.05) is 0 Å². The monoisotopic (exact) mass is 297 g/mol. The summed E-state index contributed by atoms with van der Waals surface area (Å²) in [5.74, 6) is 1.31. The number of rotatable bonds is 9. The van der Waals surface area contributed by atoms with E-state index in [1.807, 2.05) is 6.07 Å². The molecule has 2 rings (SSSR count). The van der Waals surface area contributed by atoms with Crippen molar-refractivity contribution in [3.8, 4) is 0 Å². The summed E-state index contributed by atoms with van der Waals surface area (Å²) < 4.78 is 12.5. The van der Waals surface area contributed by atoms with E-state index in [1.165, 1.54) is 0 Å². The minimum atomic E-state index is 0.416. The number of fused-ring (bicyclic) bond motifs is 1. The summed E-state index contributed by atoms with van der Waals surface area (Å²) in [6.07, 6.45) is 5.60. The van der Waals surface area contributed by atoms with Crippen molar-refractivity contribution in [2.24, 2.45) is 0 Å². The molecule has 0 amide bonds. The molecule has 2 aromatic heterocycles. The van der Waals surface area contributed by atoms with E-state index in [2.05, 4.69) is 14.5 Å². The van der Waals surface area contributed by atoms with Gasteiger partial charge in [-0.05, 0) is 18.9 Å². The van der Waals surface area contributed by atoms with Crippen molar-refractivity contribution in [2.45, 2.75) is 25.3 Å². The molecule has 0 radical (unpaired) electrons. The molecule has 6 heteroatoms. The first-order chi connectivity index (χ1) is 9.86. The van der Waals surface area contributed by atoms with Gasteiger partial charge in [0.1, 0.15) is 11.3 Å². The smallest absolute Gasteiger partial charge is 0.124 e. The van der Waals surface area contributed by atoms with Gasteiger partial charge < -0.3 is 14.0 Å². The molecule has 0 aliphatic heterocycles. The van der Waals surface area contributed by atoms with Gasteiger partial charge in [0, 0.05) is 26.5 Å². The van der Waals surface area contributed by atoms with Crippen LogP contribution in [0.4, 0.5) is 0 Å². The van der Waals surface area contributed by atoms with Crippen molar-refractivity contribution in [2.75, 3.05) is 26.9 Å². The predicted octanol–water partition coefficient (Wildman–Crippen LogP) is 2.61. The van der Waals surface area contributed by atoms with Crippen LogP contribution in [0.2, 0.25) is 0 Å². The molecular weight excluding hydrogens is 278 g/mol. The lowest BCUT2D eigenvalue weighted by Gasteiger charge is -2.08. The normalized spacial score (nSPS) is 11.3. The first kappa shape index (κ1) is 15.2. The van der Waals surface area contributed by atoms with Crippen molar-refractivity contribution in [3.05, 3.63) is 24.3 Å². The van der Waals surface area contributed by atoms with E-state index in [1.54, 1.807) is 19.5 Å². The van der Waals surface area contributed by atoms with E-state index in [0.29, 0.717) is 19.1 Å². The van der Waals surface area contributed by atoms with Gasteiger partial charge in [0.15, 0.2) is 0 Å². The minimum Gasteiger partial charge on any atom is -0.382 e. The number of halogens is 1. The van der Waals surface area contributed by atoms with E-state index >= 15 is 0 Å². The van der Waals surface area contributed by atoms with E-state index in [4.69, 9.17) is 21.1 Å². The van der Waals surface area contributed by atoms with E-state index in [-0.39, 0.29) is 0 Å². The molecule has 0 aliphatic carbocycles. The Labute approximate surface area is 123 Å². The lowest BCUT2D eigenvalue weighted by molar-refractivity contribution is 0.0684. The molecule has 110 valence electrons. The largest absolute Gasteiger partial charge is 0.382 e. The van der Waals surface area contributed by atoms with Gasteiger partial charge in [0.25, 0.3) is 0 Å². The van der Waals surface area contributed by atoms with Crippen LogP contribution in [0.3, 0.4) is 0 Å². The lowest BCUT2D eigenvalue weighted by atomic mass is 10.3. The molecule has 0 saturated carbocycles. The molecule has 2 aromatic rings. The Morgan fingerprint density at radius 2 is 2.15 bits per heavy atom. The third-order valence-corrected chi connectivity index (χ3v) is 3.34. The van der Waals surface area contributed by atoms with Crippen LogP contribution in [0.1, 0.15) is 18.7 Å². The third kappa shape index (κ3) is 3.91. The van der Waals surface area contributed by atoms with Crippen molar-refractivity contribution < 1.29 is 9.47 Å². The predicted molar refractivity (Wildman–Crippen MR) is 79.0 cm³/mol. The van der Waals surface area contributed by atoms with Crippen LogP contribution in [-0.2, 0) is 21.9 Å². The average molecular weight is 298 g/mol. The standard InChI is InChI=1S/C14H20ClN3O2/c1-19-8-9-20-7-3-2-6-18-13-4-5-16-11-12(13)17-14(18)10-15/h4-5,11H,2-3,6-10H2,1H3. The van der Waals surface area contributed by atoms with Crippen LogP contribution in [0.5, 0.6) is 0 Å². The van der Waals surface area contributed by atoms with E-state index in [9.17, 15) is 0 Å². The molecule has 0 aliphatic rings. The molecule has 0 atom stereocenters. The van der Waals surface area contributed by atoms with Crippen molar-refractivity contribution in [3.63, 3.8) is 0 Å². The van der Waals surface area contributed by atoms with Crippen molar-refractivity contribution >= 4 is 22.6 Å². The summed E-state index contributed by atoms with van der Waals surface area (Å²) in [5, 5.41) is 0. The SMILES string of the molecule is COCCOCCCCn1c(CCl)nc2cnccc21. The number of imidazole rings is 1. The lowest BCUT2D eigenvalue weighted by Crippen LogP contribution is -2.06.